The van der Waals surface area contributed by atoms with Gasteiger partial charge in [-0.2, -0.15) is 8.75 Å². The molecule has 1 N–H and O–H groups in total. The zero-order valence-corrected chi connectivity index (χ0v) is 13.2. The number of nitrogens with zero attached hydrogens (tertiary/aromatic N) is 2. The van der Waals surface area contributed by atoms with Crippen molar-refractivity contribution in [1.29, 1.82) is 0 Å². The van der Waals surface area contributed by atoms with E-state index in [4.69, 9.17) is 16.3 Å². The lowest BCUT2D eigenvalue weighted by Crippen LogP contribution is -2.20. The second-order valence-corrected chi connectivity index (χ2v) is 5.65. The number of fused-ring (bicyclic) bond motifs is 1. The summed E-state index contributed by atoms with van der Waals surface area (Å²) in [4.78, 5) is 12.1. The van der Waals surface area contributed by atoms with Crippen molar-refractivity contribution in [2.45, 2.75) is 6.92 Å². The van der Waals surface area contributed by atoms with E-state index < -0.39 is 0 Å². The number of anilines is 1. The highest BCUT2D eigenvalue weighted by Crippen LogP contribution is 2.25. The highest BCUT2D eigenvalue weighted by atomic mass is 35.5. The number of aromatic nitrogens is 2. The standard InChI is InChI=1S/C15H12ClN3O2S/c1-9-2-7-12-15(19-22-18-12)14(9)17-13(20)8-21-11-5-3-10(16)4-6-11/h2-7H,8H2,1H3,(H,17,20). The quantitative estimate of drug-likeness (QED) is 0.791. The molecule has 1 amide bonds. The SMILES string of the molecule is Cc1ccc2nsnc2c1NC(=O)COc1ccc(Cl)cc1. The van der Waals surface area contributed by atoms with Crippen LogP contribution in [0.2, 0.25) is 5.02 Å². The maximum absolute atomic E-state index is 12.1. The van der Waals surface area contributed by atoms with E-state index in [1.54, 1.807) is 24.3 Å². The molecule has 0 saturated heterocycles. The molecule has 3 rings (SSSR count). The van der Waals surface area contributed by atoms with E-state index >= 15 is 0 Å². The molecule has 0 aliphatic rings. The molecule has 0 spiro atoms. The summed E-state index contributed by atoms with van der Waals surface area (Å²) in [5.41, 5.74) is 3.07. The number of benzene rings is 2. The molecule has 0 fully saturated rings. The summed E-state index contributed by atoms with van der Waals surface area (Å²) in [6.45, 7) is 1.82. The molecular formula is C15H12ClN3O2S. The number of amides is 1. The molecule has 1 aromatic heterocycles. The lowest BCUT2D eigenvalue weighted by Gasteiger charge is -2.10. The molecule has 112 valence electrons. The zero-order chi connectivity index (χ0) is 15.5. The second-order valence-electron chi connectivity index (χ2n) is 4.68. The maximum Gasteiger partial charge on any atom is 0.262 e. The molecule has 0 bridgehead atoms. The van der Waals surface area contributed by atoms with Crippen molar-refractivity contribution in [1.82, 2.24) is 8.75 Å². The minimum Gasteiger partial charge on any atom is -0.484 e. The summed E-state index contributed by atoms with van der Waals surface area (Å²) < 4.78 is 13.8. The van der Waals surface area contributed by atoms with Crippen LogP contribution < -0.4 is 10.1 Å². The smallest absolute Gasteiger partial charge is 0.262 e. The molecule has 0 saturated carbocycles. The lowest BCUT2D eigenvalue weighted by atomic mass is 10.1. The van der Waals surface area contributed by atoms with Gasteiger partial charge in [0.05, 0.1) is 17.4 Å². The number of nitrogens with one attached hydrogen (secondary N) is 1. The van der Waals surface area contributed by atoms with Gasteiger partial charge in [-0.1, -0.05) is 17.7 Å². The van der Waals surface area contributed by atoms with E-state index in [9.17, 15) is 4.79 Å². The third kappa shape index (κ3) is 3.18. The summed E-state index contributed by atoms with van der Waals surface area (Å²) >= 11 is 6.92. The summed E-state index contributed by atoms with van der Waals surface area (Å²) in [6.07, 6.45) is 0. The Bertz CT molecular complexity index is 817. The van der Waals surface area contributed by atoms with Gasteiger partial charge < -0.3 is 10.1 Å². The molecule has 3 aromatic rings. The Hall–Kier alpha value is -2.18. The molecule has 0 aliphatic carbocycles. The fourth-order valence-corrected chi connectivity index (χ4v) is 2.63. The Labute approximate surface area is 136 Å². The Morgan fingerprint density at radius 1 is 1.23 bits per heavy atom. The molecular weight excluding hydrogens is 322 g/mol. The number of hydrogen-bond acceptors (Lipinski definition) is 5. The maximum atomic E-state index is 12.1. The normalized spacial score (nSPS) is 10.6. The fourth-order valence-electron chi connectivity index (χ4n) is 1.97. The van der Waals surface area contributed by atoms with Crippen LogP contribution in [0.15, 0.2) is 36.4 Å². The lowest BCUT2D eigenvalue weighted by molar-refractivity contribution is -0.118. The van der Waals surface area contributed by atoms with Gasteiger partial charge in [0.2, 0.25) is 0 Å². The topological polar surface area (TPSA) is 64.1 Å². The van der Waals surface area contributed by atoms with Crippen LogP contribution >= 0.6 is 23.3 Å². The number of halogens is 1. The van der Waals surface area contributed by atoms with E-state index in [2.05, 4.69) is 14.1 Å². The van der Waals surface area contributed by atoms with Crippen molar-refractivity contribution in [2.75, 3.05) is 11.9 Å². The average molecular weight is 334 g/mol. The molecule has 7 heteroatoms. The van der Waals surface area contributed by atoms with Crippen LogP contribution in [-0.4, -0.2) is 21.3 Å². The summed E-state index contributed by atoms with van der Waals surface area (Å²) in [7, 11) is 0. The Balaban J connectivity index is 1.69. The van der Waals surface area contributed by atoms with E-state index in [0.717, 1.165) is 22.8 Å². The van der Waals surface area contributed by atoms with Crippen molar-refractivity contribution >= 4 is 46.0 Å². The number of hydrogen-bond donors (Lipinski definition) is 1. The predicted octanol–water partition coefficient (Wildman–Crippen LogP) is 3.67. The first-order chi connectivity index (χ1) is 10.6. The molecule has 0 aliphatic heterocycles. The monoisotopic (exact) mass is 333 g/mol. The van der Waals surface area contributed by atoms with Gasteiger partial charge in [-0.3, -0.25) is 4.79 Å². The van der Waals surface area contributed by atoms with Gasteiger partial charge in [-0.05, 0) is 42.8 Å². The van der Waals surface area contributed by atoms with Crippen LogP contribution in [0.5, 0.6) is 5.75 Å². The highest BCUT2D eigenvalue weighted by molar-refractivity contribution is 7.00. The van der Waals surface area contributed by atoms with Crippen molar-refractivity contribution in [3.05, 3.63) is 47.0 Å². The molecule has 0 unspecified atom stereocenters. The van der Waals surface area contributed by atoms with Gasteiger partial charge >= 0.3 is 0 Å². The third-order valence-electron chi connectivity index (χ3n) is 3.08. The van der Waals surface area contributed by atoms with Crippen LogP contribution in [0, 0.1) is 6.92 Å². The fraction of sp³-hybridized carbons (Fsp3) is 0.133. The van der Waals surface area contributed by atoms with Crippen LogP contribution in [-0.2, 0) is 4.79 Å². The number of carbonyl (C=O) groups is 1. The van der Waals surface area contributed by atoms with Crippen molar-refractivity contribution in [2.24, 2.45) is 0 Å². The summed E-state index contributed by atoms with van der Waals surface area (Å²) in [6, 6.07) is 10.6. The first kappa shape index (κ1) is 14.7. The number of aryl methyl sites for hydroxylation is 1. The Morgan fingerprint density at radius 3 is 2.77 bits per heavy atom. The van der Waals surface area contributed by atoms with E-state index in [1.807, 2.05) is 19.1 Å². The molecule has 0 atom stereocenters. The number of carbonyl (C=O) groups excluding carboxylic acids is 1. The largest absolute Gasteiger partial charge is 0.484 e. The van der Waals surface area contributed by atoms with Crippen molar-refractivity contribution in [3.8, 4) is 5.75 Å². The average Bonchev–Trinajstić information content (AvgIpc) is 2.98. The third-order valence-corrected chi connectivity index (χ3v) is 3.88. The molecule has 0 radical (unpaired) electrons. The first-order valence-corrected chi connectivity index (χ1v) is 7.64. The van der Waals surface area contributed by atoms with Crippen LogP contribution in [0.3, 0.4) is 0 Å². The molecule has 22 heavy (non-hydrogen) atoms. The van der Waals surface area contributed by atoms with Crippen LogP contribution in [0.25, 0.3) is 11.0 Å². The number of rotatable bonds is 4. The minimum atomic E-state index is -0.251. The first-order valence-electron chi connectivity index (χ1n) is 6.53. The number of ether oxygens (including phenoxy) is 1. The molecule has 1 heterocycles. The Morgan fingerprint density at radius 2 is 2.00 bits per heavy atom. The highest BCUT2D eigenvalue weighted by Gasteiger charge is 2.12. The second kappa shape index (κ2) is 6.29. The van der Waals surface area contributed by atoms with Crippen molar-refractivity contribution in [3.63, 3.8) is 0 Å². The Kier molecular flexibility index (Phi) is 4.22. The van der Waals surface area contributed by atoms with Crippen LogP contribution in [0.1, 0.15) is 5.56 Å². The van der Waals surface area contributed by atoms with Gasteiger partial charge in [0.15, 0.2) is 6.61 Å². The van der Waals surface area contributed by atoms with Gasteiger partial charge in [0.1, 0.15) is 16.8 Å². The molecule has 2 aromatic carbocycles. The summed E-state index contributed by atoms with van der Waals surface area (Å²) in [5, 5.41) is 3.46. The van der Waals surface area contributed by atoms with Gasteiger partial charge in [-0.25, -0.2) is 0 Å². The van der Waals surface area contributed by atoms with E-state index in [-0.39, 0.29) is 12.5 Å². The zero-order valence-electron chi connectivity index (χ0n) is 11.7. The summed E-state index contributed by atoms with van der Waals surface area (Å²) in [5.74, 6) is 0.336. The van der Waals surface area contributed by atoms with Gasteiger partial charge in [0.25, 0.3) is 5.91 Å². The predicted molar refractivity (Wildman–Crippen MR) is 87.7 cm³/mol. The van der Waals surface area contributed by atoms with Gasteiger partial charge in [-0.15, -0.1) is 0 Å². The van der Waals surface area contributed by atoms with Crippen molar-refractivity contribution < 1.29 is 9.53 Å². The van der Waals surface area contributed by atoms with Crippen LogP contribution in [0.4, 0.5) is 5.69 Å². The minimum absolute atomic E-state index is 0.0883. The van der Waals surface area contributed by atoms with E-state index in [0.29, 0.717) is 22.0 Å². The molecule has 5 nitrogen and oxygen atoms in total. The van der Waals surface area contributed by atoms with Gasteiger partial charge in [0, 0.05) is 5.02 Å². The van der Waals surface area contributed by atoms with E-state index in [1.165, 1.54) is 0 Å².